The first-order valence-electron chi connectivity index (χ1n) is 6.88. The maximum Gasteiger partial charge on any atom is 0.507 e. The van der Waals surface area contributed by atoms with E-state index >= 15 is 0 Å². The van der Waals surface area contributed by atoms with E-state index in [0.29, 0.717) is 0 Å². The molecule has 0 saturated heterocycles. The zero-order valence-corrected chi connectivity index (χ0v) is 12.3. The number of imide groups is 1. The van der Waals surface area contributed by atoms with Gasteiger partial charge in [0.25, 0.3) is 11.8 Å². The molecule has 2 amide bonds. The summed E-state index contributed by atoms with van der Waals surface area (Å²) in [4.78, 5) is 24.4. The molecule has 0 fully saturated rings. The lowest BCUT2D eigenvalue weighted by Gasteiger charge is -2.32. The van der Waals surface area contributed by atoms with Gasteiger partial charge in [-0.3, -0.25) is 14.5 Å². The normalized spacial score (nSPS) is 20.5. The maximum atomic E-state index is 13.4. The van der Waals surface area contributed by atoms with Crippen LogP contribution in [-0.2, 0) is 9.59 Å². The van der Waals surface area contributed by atoms with Gasteiger partial charge in [-0.25, -0.2) is 0 Å². The number of carbonyl (C=O) groups is 2. The van der Waals surface area contributed by atoms with Crippen LogP contribution in [0, 0.1) is 0 Å². The summed E-state index contributed by atoms with van der Waals surface area (Å²) in [6.07, 6.45) is -8.91. The number of halogens is 4. The molecule has 2 aliphatic heterocycles. The Balaban J connectivity index is 1.91. The Bertz CT molecular complexity index is 780. The van der Waals surface area contributed by atoms with Crippen molar-refractivity contribution in [2.24, 2.45) is 0 Å². The molecule has 25 heavy (non-hydrogen) atoms. The van der Waals surface area contributed by atoms with Gasteiger partial charge in [-0.1, -0.05) is 6.07 Å². The van der Waals surface area contributed by atoms with Crippen LogP contribution < -0.4 is 14.8 Å². The van der Waals surface area contributed by atoms with Crippen molar-refractivity contribution in [2.45, 2.75) is 12.2 Å². The summed E-state index contributed by atoms with van der Waals surface area (Å²) in [6, 6.07) is 3.37. The highest BCUT2D eigenvalue weighted by Gasteiger charge is 2.66. The number of para-hydroxylation sites is 1. The summed E-state index contributed by atoms with van der Waals surface area (Å²) >= 11 is 0. The minimum atomic E-state index is -4.93. The van der Waals surface area contributed by atoms with Gasteiger partial charge in [-0.2, -0.15) is 17.6 Å². The number of alkyl halides is 4. The van der Waals surface area contributed by atoms with Crippen LogP contribution in [-0.4, -0.2) is 47.2 Å². The highest BCUT2D eigenvalue weighted by molar-refractivity contribution is 6.17. The van der Waals surface area contributed by atoms with E-state index < -0.39 is 42.1 Å². The Morgan fingerprint density at radius 3 is 2.48 bits per heavy atom. The van der Waals surface area contributed by atoms with Gasteiger partial charge < -0.3 is 19.9 Å². The van der Waals surface area contributed by atoms with Crippen LogP contribution in [0.4, 0.5) is 23.2 Å². The lowest BCUT2D eigenvalue weighted by Crippen LogP contribution is -2.52. The fourth-order valence-corrected chi connectivity index (χ4v) is 2.24. The summed E-state index contributed by atoms with van der Waals surface area (Å²) in [7, 11) is 0. The second-order valence-corrected chi connectivity index (χ2v) is 5.07. The predicted molar refractivity (Wildman–Crippen MR) is 73.1 cm³/mol. The molecule has 0 aromatic heterocycles. The largest absolute Gasteiger partial charge is 0.507 e. The molecular formula is C14H10F4N2O5. The summed E-state index contributed by atoms with van der Waals surface area (Å²) in [6.45, 7) is -0.715. The molecule has 0 saturated carbocycles. The van der Waals surface area contributed by atoms with E-state index in [0.717, 1.165) is 17.0 Å². The van der Waals surface area contributed by atoms with Gasteiger partial charge >= 0.3 is 12.2 Å². The van der Waals surface area contributed by atoms with E-state index in [-0.39, 0.29) is 17.9 Å². The van der Waals surface area contributed by atoms with E-state index in [4.69, 9.17) is 5.11 Å². The zero-order valence-electron chi connectivity index (χ0n) is 12.3. The molecule has 2 heterocycles. The van der Waals surface area contributed by atoms with Crippen LogP contribution in [0.25, 0.3) is 0 Å². The van der Waals surface area contributed by atoms with Gasteiger partial charge in [-0.05, 0) is 12.1 Å². The lowest BCUT2D eigenvalue weighted by molar-refractivity contribution is -0.391. The van der Waals surface area contributed by atoms with Crippen LogP contribution in [0.15, 0.2) is 30.0 Å². The second kappa shape index (κ2) is 5.62. The number of amides is 2. The number of rotatable bonds is 4. The molecule has 7 nitrogen and oxygen atoms in total. The number of carbonyl (C=O) groups excluding carboxylic acids is 2. The highest BCUT2D eigenvalue weighted by Crippen LogP contribution is 2.50. The molecule has 0 bridgehead atoms. The van der Waals surface area contributed by atoms with Crippen LogP contribution in [0.2, 0.25) is 0 Å². The molecule has 0 aliphatic carbocycles. The summed E-state index contributed by atoms with van der Waals surface area (Å²) in [5.74, 6) is -2.93. The van der Waals surface area contributed by atoms with Crippen LogP contribution >= 0.6 is 0 Å². The number of fused-ring (bicyclic) bond motifs is 1. The van der Waals surface area contributed by atoms with Crippen molar-refractivity contribution >= 4 is 17.5 Å². The van der Waals surface area contributed by atoms with Crippen molar-refractivity contribution in [3.05, 3.63) is 30.0 Å². The van der Waals surface area contributed by atoms with Gasteiger partial charge in [0, 0.05) is 6.08 Å². The number of nitrogens with zero attached hydrogens (tertiary/aromatic N) is 1. The SMILES string of the molecule is O=C1C=C(Nc2cccc3c2OC(F)(F)C(F)(F)O3)C(=O)N1CCO. The summed E-state index contributed by atoms with van der Waals surface area (Å²) in [5, 5.41) is 11.2. The van der Waals surface area contributed by atoms with Crippen molar-refractivity contribution in [2.75, 3.05) is 18.5 Å². The predicted octanol–water partition coefficient (Wildman–Crippen LogP) is 1.30. The average Bonchev–Trinajstić information content (AvgIpc) is 2.77. The summed E-state index contributed by atoms with van der Waals surface area (Å²) in [5.41, 5.74) is -0.568. The number of hydrogen-bond acceptors (Lipinski definition) is 6. The number of nitrogens with one attached hydrogen (secondary N) is 1. The molecule has 3 rings (SSSR count). The number of β-amino-alcohol motifs (C(OH)–C–C–N with tert-alkyl or cyclic N) is 1. The Morgan fingerprint density at radius 1 is 1.12 bits per heavy atom. The van der Waals surface area contributed by atoms with E-state index in [1.165, 1.54) is 12.1 Å². The minimum absolute atomic E-state index is 0.254. The van der Waals surface area contributed by atoms with Crippen molar-refractivity contribution < 1.29 is 41.7 Å². The fourth-order valence-electron chi connectivity index (χ4n) is 2.24. The number of aliphatic hydroxyl groups excluding tert-OH is 1. The van der Waals surface area contributed by atoms with Crippen molar-refractivity contribution in [3.8, 4) is 11.5 Å². The monoisotopic (exact) mass is 362 g/mol. The van der Waals surface area contributed by atoms with E-state index in [1.54, 1.807) is 0 Å². The number of benzene rings is 1. The third-order valence-electron chi connectivity index (χ3n) is 3.39. The third-order valence-corrected chi connectivity index (χ3v) is 3.39. The molecule has 0 spiro atoms. The van der Waals surface area contributed by atoms with E-state index in [9.17, 15) is 27.2 Å². The Morgan fingerprint density at radius 2 is 1.80 bits per heavy atom. The van der Waals surface area contributed by atoms with E-state index in [2.05, 4.69) is 14.8 Å². The molecule has 2 N–H and O–H groups in total. The van der Waals surface area contributed by atoms with Crippen molar-refractivity contribution in [1.29, 1.82) is 0 Å². The fraction of sp³-hybridized carbons (Fsp3) is 0.286. The van der Waals surface area contributed by atoms with Crippen molar-refractivity contribution in [3.63, 3.8) is 0 Å². The molecule has 0 atom stereocenters. The van der Waals surface area contributed by atoms with Crippen molar-refractivity contribution in [1.82, 2.24) is 4.90 Å². The Labute approximate surface area is 137 Å². The first-order valence-corrected chi connectivity index (χ1v) is 6.88. The van der Waals surface area contributed by atoms with E-state index in [1.807, 2.05) is 0 Å². The van der Waals surface area contributed by atoms with Gasteiger partial charge in [0.15, 0.2) is 11.5 Å². The smallest absolute Gasteiger partial charge is 0.421 e. The maximum absolute atomic E-state index is 13.4. The molecule has 1 aromatic rings. The molecule has 0 radical (unpaired) electrons. The number of hydrogen-bond donors (Lipinski definition) is 2. The highest BCUT2D eigenvalue weighted by atomic mass is 19.3. The standard InChI is InChI=1S/C14H10F4N2O5/c15-13(16)14(17,18)25-11-7(2-1-3-9(11)24-13)19-8-6-10(22)20(4-5-21)12(8)23/h1-3,6,19,21H,4-5H2. The van der Waals surface area contributed by atoms with Crippen LogP contribution in [0.1, 0.15) is 0 Å². The van der Waals surface area contributed by atoms with Gasteiger partial charge in [0.2, 0.25) is 0 Å². The third kappa shape index (κ3) is 2.76. The average molecular weight is 362 g/mol. The quantitative estimate of drug-likeness (QED) is 0.620. The van der Waals surface area contributed by atoms with Gasteiger partial charge in [0.1, 0.15) is 5.70 Å². The Hall–Kier alpha value is -2.82. The molecule has 11 heteroatoms. The number of ether oxygens (including phenoxy) is 2. The number of anilines is 1. The molecule has 0 unspecified atom stereocenters. The molecular weight excluding hydrogens is 352 g/mol. The minimum Gasteiger partial charge on any atom is -0.421 e. The van der Waals surface area contributed by atoms with Crippen LogP contribution in [0.5, 0.6) is 11.5 Å². The second-order valence-electron chi connectivity index (χ2n) is 5.07. The summed E-state index contributed by atoms with van der Waals surface area (Å²) < 4.78 is 61.1. The first kappa shape index (κ1) is 17.0. The van der Waals surface area contributed by atoms with Gasteiger partial charge in [0.05, 0.1) is 18.8 Å². The van der Waals surface area contributed by atoms with Crippen LogP contribution in [0.3, 0.4) is 0 Å². The first-order chi connectivity index (χ1) is 11.7. The molecule has 1 aromatic carbocycles. The lowest BCUT2D eigenvalue weighted by atomic mass is 10.2. The Kier molecular flexibility index (Phi) is 3.82. The topological polar surface area (TPSA) is 88.1 Å². The van der Waals surface area contributed by atoms with Gasteiger partial charge in [-0.15, -0.1) is 0 Å². The molecule has 134 valence electrons. The molecule has 2 aliphatic rings. The number of aliphatic hydroxyl groups is 1. The zero-order chi connectivity index (χ0) is 18.4.